The van der Waals surface area contributed by atoms with Gasteiger partial charge in [-0.05, 0) is 32.3 Å². The van der Waals surface area contributed by atoms with Crippen molar-refractivity contribution in [2.24, 2.45) is 0 Å². The fourth-order valence-electron chi connectivity index (χ4n) is 3.40. The zero-order valence-corrected chi connectivity index (χ0v) is 16.2. The monoisotopic (exact) mass is 390 g/mol. The second-order valence-corrected chi connectivity index (χ2v) is 7.18. The van der Waals surface area contributed by atoms with E-state index >= 15 is 0 Å². The van der Waals surface area contributed by atoms with Gasteiger partial charge in [0.15, 0.2) is 6.04 Å². The van der Waals surface area contributed by atoms with Crippen molar-refractivity contribution in [3.8, 4) is 0 Å². The Morgan fingerprint density at radius 2 is 2.00 bits per heavy atom. The number of ether oxygens (including phenoxy) is 2. The summed E-state index contributed by atoms with van der Waals surface area (Å²) in [4.78, 5) is 44.8. The predicted octanol–water partition coefficient (Wildman–Crippen LogP) is 2.27. The summed E-state index contributed by atoms with van der Waals surface area (Å²) in [5, 5.41) is 1.10. The second-order valence-electron chi connectivity index (χ2n) is 7.18. The number of likely N-dealkylation sites (tertiary alicyclic amines) is 1. The molecule has 2 aliphatic heterocycles. The minimum atomic E-state index is -0.780. The lowest BCUT2D eigenvalue weighted by Gasteiger charge is -2.32. The Morgan fingerprint density at radius 1 is 1.25 bits per heavy atom. The van der Waals surface area contributed by atoms with Crippen molar-refractivity contribution in [1.29, 1.82) is 0 Å². The first-order chi connectivity index (χ1) is 13.5. The van der Waals surface area contributed by atoms with Gasteiger partial charge in [-0.15, -0.1) is 0 Å². The molecule has 28 heavy (non-hydrogen) atoms. The summed E-state index contributed by atoms with van der Waals surface area (Å²) >= 11 is 0. The zero-order valence-electron chi connectivity index (χ0n) is 16.2. The van der Waals surface area contributed by atoms with Crippen LogP contribution in [0.5, 0.6) is 0 Å². The maximum absolute atomic E-state index is 13.1. The van der Waals surface area contributed by atoms with Gasteiger partial charge in [0.25, 0.3) is 5.91 Å². The third-order valence-corrected chi connectivity index (χ3v) is 4.71. The summed E-state index contributed by atoms with van der Waals surface area (Å²) in [7, 11) is 0. The van der Waals surface area contributed by atoms with Crippen LogP contribution in [0.1, 0.15) is 38.7 Å². The summed E-state index contributed by atoms with van der Waals surface area (Å²) < 4.78 is 10.4. The van der Waals surface area contributed by atoms with Crippen LogP contribution >= 0.6 is 0 Å². The smallest absolute Gasteiger partial charge is 0.410 e. The second kappa shape index (κ2) is 9.05. The molecule has 152 valence electrons. The van der Waals surface area contributed by atoms with E-state index in [4.69, 9.17) is 14.3 Å². The molecule has 2 heterocycles. The van der Waals surface area contributed by atoms with Gasteiger partial charge in [-0.25, -0.2) is 14.7 Å². The molecule has 2 atom stereocenters. The van der Waals surface area contributed by atoms with Crippen LogP contribution < -0.4 is 0 Å². The first kappa shape index (κ1) is 20.1. The van der Waals surface area contributed by atoms with Gasteiger partial charge in [-0.1, -0.05) is 30.3 Å². The Labute approximate surface area is 164 Å². The van der Waals surface area contributed by atoms with E-state index in [1.165, 1.54) is 4.90 Å². The maximum atomic E-state index is 13.1. The molecule has 8 nitrogen and oxygen atoms in total. The lowest BCUT2D eigenvalue weighted by atomic mass is 10.1. The molecule has 1 aromatic carbocycles. The van der Waals surface area contributed by atoms with Crippen molar-refractivity contribution in [2.75, 3.05) is 13.2 Å². The zero-order chi connectivity index (χ0) is 20.1. The number of hydroxylamine groups is 2. The van der Waals surface area contributed by atoms with E-state index < -0.39 is 30.1 Å². The highest BCUT2D eigenvalue weighted by Crippen LogP contribution is 2.25. The largest absolute Gasteiger partial charge is 0.464 e. The van der Waals surface area contributed by atoms with E-state index in [2.05, 4.69) is 0 Å². The molecule has 2 amide bonds. The van der Waals surface area contributed by atoms with E-state index in [0.29, 0.717) is 25.8 Å². The molecule has 1 aromatic rings. The summed E-state index contributed by atoms with van der Waals surface area (Å²) in [6, 6.07) is 7.86. The van der Waals surface area contributed by atoms with Crippen molar-refractivity contribution in [2.45, 2.75) is 57.9 Å². The Bertz CT molecular complexity index is 708. The van der Waals surface area contributed by atoms with Gasteiger partial charge in [0.1, 0.15) is 12.6 Å². The Kier molecular flexibility index (Phi) is 6.51. The molecule has 0 saturated carbocycles. The van der Waals surface area contributed by atoms with Crippen molar-refractivity contribution in [3.63, 3.8) is 0 Å². The molecule has 0 aromatic heterocycles. The minimum absolute atomic E-state index is 0.137. The first-order valence-electron chi connectivity index (χ1n) is 9.61. The van der Waals surface area contributed by atoms with Gasteiger partial charge < -0.3 is 9.47 Å². The van der Waals surface area contributed by atoms with Gasteiger partial charge >= 0.3 is 12.1 Å². The van der Waals surface area contributed by atoms with Crippen molar-refractivity contribution >= 4 is 18.0 Å². The molecule has 0 radical (unpaired) electrons. The van der Waals surface area contributed by atoms with Gasteiger partial charge in [0, 0.05) is 13.0 Å². The minimum Gasteiger partial charge on any atom is -0.464 e. The van der Waals surface area contributed by atoms with Crippen LogP contribution in [-0.2, 0) is 30.5 Å². The fourth-order valence-corrected chi connectivity index (χ4v) is 3.40. The van der Waals surface area contributed by atoms with Crippen LogP contribution in [0.2, 0.25) is 0 Å². The highest BCUT2D eigenvalue weighted by Gasteiger charge is 2.44. The number of benzene rings is 1. The van der Waals surface area contributed by atoms with Crippen molar-refractivity contribution in [3.05, 3.63) is 35.9 Å². The standard InChI is InChI=1S/C20H26N2O6/c1-14(2)28-22(17-10-12-26-19(17)24)18(23)16-9-6-11-21(16)20(25)27-13-15-7-4-3-5-8-15/h3-5,7-8,14,16-17H,6,9-13H2,1-2H3/t16-,17-/m0/s1. The Hall–Kier alpha value is -2.61. The lowest BCUT2D eigenvalue weighted by Crippen LogP contribution is -2.53. The molecule has 2 saturated heterocycles. The Morgan fingerprint density at radius 3 is 2.64 bits per heavy atom. The highest BCUT2D eigenvalue weighted by atomic mass is 16.7. The average molecular weight is 390 g/mol. The number of cyclic esters (lactones) is 1. The predicted molar refractivity (Wildman–Crippen MR) is 98.8 cm³/mol. The molecule has 0 spiro atoms. The van der Waals surface area contributed by atoms with E-state index in [9.17, 15) is 14.4 Å². The number of hydrogen-bond donors (Lipinski definition) is 0. The summed E-state index contributed by atoms with van der Waals surface area (Å²) in [6.07, 6.45) is 0.721. The normalized spacial score (nSPS) is 21.7. The van der Waals surface area contributed by atoms with Crippen LogP contribution in [0.15, 0.2) is 30.3 Å². The lowest BCUT2D eigenvalue weighted by molar-refractivity contribution is -0.219. The number of carbonyl (C=O) groups is 3. The van der Waals surface area contributed by atoms with Gasteiger partial charge in [0.2, 0.25) is 0 Å². The fraction of sp³-hybridized carbons (Fsp3) is 0.550. The van der Waals surface area contributed by atoms with Crippen molar-refractivity contribution < 1.29 is 28.7 Å². The third kappa shape index (κ3) is 4.62. The van der Waals surface area contributed by atoms with Gasteiger partial charge in [-0.2, -0.15) is 0 Å². The number of rotatable bonds is 6. The quantitative estimate of drug-likeness (QED) is 0.547. The molecule has 2 fully saturated rings. The highest BCUT2D eigenvalue weighted by molar-refractivity contribution is 5.89. The van der Waals surface area contributed by atoms with Crippen molar-refractivity contribution in [1.82, 2.24) is 9.96 Å². The van der Waals surface area contributed by atoms with Gasteiger partial charge in [0.05, 0.1) is 12.7 Å². The summed E-state index contributed by atoms with van der Waals surface area (Å²) in [6.45, 7) is 4.37. The SMILES string of the molecule is CC(C)ON(C(=O)[C@@H]1CCCN1C(=O)OCc1ccccc1)[C@H]1CCOC1=O. The molecule has 0 bridgehead atoms. The number of amides is 2. The summed E-state index contributed by atoms with van der Waals surface area (Å²) in [5.74, 6) is -0.892. The molecule has 0 N–H and O–H groups in total. The average Bonchev–Trinajstić information content (AvgIpc) is 3.33. The molecule has 0 unspecified atom stereocenters. The number of carbonyl (C=O) groups excluding carboxylic acids is 3. The molecular weight excluding hydrogens is 364 g/mol. The first-order valence-corrected chi connectivity index (χ1v) is 9.61. The Balaban J connectivity index is 1.67. The number of nitrogens with zero attached hydrogens (tertiary/aromatic N) is 2. The topological polar surface area (TPSA) is 85.4 Å². The summed E-state index contributed by atoms with van der Waals surface area (Å²) in [5.41, 5.74) is 0.872. The molecule has 2 aliphatic rings. The molecule has 0 aliphatic carbocycles. The molecular formula is C20H26N2O6. The van der Waals surface area contributed by atoms with E-state index in [0.717, 1.165) is 10.6 Å². The van der Waals surface area contributed by atoms with Crippen LogP contribution in [0.4, 0.5) is 4.79 Å². The number of esters is 1. The van der Waals surface area contributed by atoms with E-state index in [-0.39, 0.29) is 19.3 Å². The van der Waals surface area contributed by atoms with E-state index in [1.54, 1.807) is 13.8 Å². The van der Waals surface area contributed by atoms with Crippen LogP contribution in [-0.4, -0.2) is 59.3 Å². The third-order valence-electron chi connectivity index (χ3n) is 4.71. The molecule has 3 rings (SSSR count). The van der Waals surface area contributed by atoms with Crippen LogP contribution in [0.3, 0.4) is 0 Å². The maximum Gasteiger partial charge on any atom is 0.410 e. The van der Waals surface area contributed by atoms with Crippen LogP contribution in [0.25, 0.3) is 0 Å². The number of hydrogen-bond acceptors (Lipinski definition) is 6. The van der Waals surface area contributed by atoms with Crippen LogP contribution in [0, 0.1) is 0 Å². The molecule has 8 heteroatoms. The van der Waals surface area contributed by atoms with Gasteiger partial charge in [-0.3, -0.25) is 14.5 Å². The van der Waals surface area contributed by atoms with E-state index in [1.807, 2.05) is 30.3 Å².